The molecule has 1 saturated carbocycles. The van der Waals surface area contributed by atoms with Crippen LogP contribution >= 0.6 is 0 Å². The molecule has 1 fully saturated rings. The molecule has 15 rings (SSSR count). The Hall–Kier alpha value is -6.00. The normalized spacial score (nSPS) is 24.5. The van der Waals surface area contributed by atoms with Gasteiger partial charge in [-0.1, -0.05) is 178 Å². The van der Waals surface area contributed by atoms with Crippen LogP contribution in [0, 0.1) is 10.8 Å². The lowest BCUT2D eigenvalue weighted by molar-refractivity contribution is 0.195. The number of benzene rings is 7. The molecule has 2 atom stereocenters. The van der Waals surface area contributed by atoms with Crippen molar-refractivity contribution in [2.75, 3.05) is 14.7 Å². The number of rotatable bonds is 4. The fourth-order valence-corrected chi connectivity index (χ4v) is 18.7. The second-order valence-corrected chi connectivity index (χ2v) is 34.1. The standard InChI is InChI=1S/C80H94BN3/c1-72(2,3)55-24-20-49(21-25-55)50-23-29-66-63(37-50)79(16)30-18-19-31-80(79,17)84(66)58-41-69-71-70(42-58)83(57-27-28-59-60(40-57)76(10,11)33-32-75(59,8)9)68-44-62-61(77(12,13)34-35-78(62,14)15)43-65(68)81(71)64-38-53-47-74(6,7)48-54(53)39-67(64)82(69)56-26-22-51-45-73(4,5)46-52(51)36-56/h20-29,36-44H,18-19,30-35,45-48H2,1-17H3. The first-order valence-corrected chi connectivity index (χ1v) is 32.8. The zero-order valence-electron chi connectivity index (χ0n) is 54.4. The van der Waals surface area contributed by atoms with Gasteiger partial charge in [0.15, 0.2) is 0 Å². The fourth-order valence-electron chi connectivity index (χ4n) is 18.7. The molecule has 0 amide bonds. The Morgan fingerprint density at radius 1 is 0.369 bits per heavy atom. The number of fused-ring (bicyclic) bond motifs is 11. The summed E-state index contributed by atoms with van der Waals surface area (Å²) in [6.45, 7) is 42.3. The Balaban J connectivity index is 1.05. The molecule has 2 unspecified atom stereocenters. The van der Waals surface area contributed by atoms with Crippen molar-refractivity contribution in [3.8, 4) is 11.1 Å². The van der Waals surface area contributed by atoms with Crippen molar-refractivity contribution in [2.24, 2.45) is 10.8 Å². The summed E-state index contributed by atoms with van der Waals surface area (Å²) in [5.41, 5.74) is 33.3. The quantitative estimate of drug-likeness (QED) is 0.163. The topological polar surface area (TPSA) is 9.72 Å². The monoisotopic (exact) mass is 1110 g/mol. The Bertz CT molecular complexity index is 3970. The molecule has 0 saturated heterocycles. The van der Waals surface area contributed by atoms with E-state index in [0.717, 1.165) is 32.1 Å². The van der Waals surface area contributed by atoms with E-state index in [1.807, 2.05) is 0 Å². The summed E-state index contributed by atoms with van der Waals surface area (Å²) in [5, 5.41) is 0. The van der Waals surface area contributed by atoms with Crippen LogP contribution in [0.1, 0.15) is 225 Å². The van der Waals surface area contributed by atoms with Gasteiger partial charge in [-0.05, 0) is 253 Å². The highest BCUT2D eigenvalue weighted by Gasteiger charge is 2.59. The lowest BCUT2D eigenvalue weighted by Crippen LogP contribution is -2.62. The molecule has 3 heterocycles. The average molecular weight is 1110 g/mol. The summed E-state index contributed by atoms with van der Waals surface area (Å²) < 4.78 is 0. The van der Waals surface area contributed by atoms with Gasteiger partial charge >= 0.3 is 0 Å². The zero-order chi connectivity index (χ0) is 59.0. The van der Waals surface area contributed by atoms with Crippen LogP contribution in [0.3, 0.4) is 0 Å². The predicted octanol–water partition coefficient (Wildman–Crippen LogP) is 19.4. The lowest BCUT2D eigenvalue weighted by atomic mass is 9.33. The van der Waals surface area contributed by atoms with E-state index in [1.165, 1.54) is 162 Å². The van der Waals surface area contributed by atoms with Crippen molar-refractivity contribution >= 4 is 68.6 Å². The maximum atomic E-state index is 2.90. The SMILES string of the molecule is CC1(C)Cc2ccc(N3c4cc5c(cc4B4c6cc7c(cc6N(c6ccc8c(c6)C(C)(C)CCC8(C)C)c6cc(N8c9ccc(-c%10ccc(C(C)(C)C)cc%10)cc9C9(C)CCCCC89C)cc3c64)C(C)(C)CCC7(C)C)CC(C)(C)C5)cc2C1. The smallest absolute Gasteiger partial charge is 0.252 e. The number of hydrogen-bond acceptors (Lipinski definition) is 3. The first kappa shape index (κ1) is 54.6. The van der Waals surface area contributed by atoms with E-state index in [9.17, 15) is 0 Å². The molecule has 3 nitrogen and oxygen atoms in total. The van der Waals surface area contributed by atoms with Gasteiger partial charge in [-0.25, -0.2) is 0 Å². The molecule has 84 heavy (non-hydrogen) atoms. The molecule has 0 aromatic heterocycles. The van der Waals surface area contributed by atoms with E-state index in [2.05, 4.69) is 248 Å². The van der Waals surface area contributed by atoms with Crippen molar-refractivity contribution in [3.05, 3.63) is 171 Å². The summed E-state index contributed by atoms with van der Waals surface area (Å²) in [6, 6.07) is 48.8. The molecule has 0 N–H and O–H groups in total. The number of nitrogens with zero attached hydrogens (tertiary/aromatic N) is 3. The van der Waals surface area contributed by atoms with Gasteiger partial charge in [0.1, 0.15) is 0 Å². The molecule has 0 radical (unpaired) electrons. The minimum atomic E-state index is -0.168. The van der Waals surface area contributed by atoms with Crippen molar-refractivity contribution < 1.29 is 0 Å². The third-order valence-corrected chi connectivity index (χ3v) is 24.0. The van der Waals surface area contributed by atoms with E-state index < -0.39 is 0 Å². The first-order chi connectivity index (χ1) is 39.4. The molecule has 3 aliphatic heterocycles. The molecule has 8 aliphatic rings. The van der Waals surface area contributed by atoms with Crippen LogP contribution in [0.5, 0.6) is 0 Å². The molecule has 5 aliphatic carbocycles. The van der Waals surface area contributed by atoms with Gasteiger partial charge in [0, 0.05) is 50.9 Å². The van der Waals surface area contributed by atoms with E-state index >= 15 is 0 Å². The van der Waals surface area contributed by atoms with Crippen molar-refractivity contribution in [1.29, 1.82) is 0 Å². The average Bonchev–Trinajstić information content (AvgIpc) is 1.10. The molecule has 7 aromatic rings. The minimum Gasteiger partial charge on any atom is -0.334 e. The van der Waals surface area contributed by atoms with Crippen molar-refractivity contribution in [2.45, 2.75) is 233 Å². The predicted molar refractivity (Wildman–Crippen MR) is 360 cm³/mol. The van der Waals surface area contributed by atoms with Crippen LogP contribution in [0.2, 0.25) is 0 Å². The van der Waals surface area contributed by atoms with Crippen LogP contribution in [0.25, 0.3) is 11.1 Å². The second kappa shape index (κ2) is 17.4. The largest absolute Gasteiger partial charge is 0.334 e. The molecule has 432 valence electrons. The molecule has 0 spiro atoms. The van der Waals surface area contributed by atoms with Gasteiger partial charge in [-0.3, -0.25) is 0 Å². The molecule has 4 heteroatoms. The molecule has 7 aromatic carbocycles. The van der Waals surface area contributed by atoms with Crippen LogP contribution in [0.15, 0.2) is 115 Å². The van der Waals surface area contributed by atoms with E-state index in [0.29, 0.717) is 0 Å². The van der Waals surface area contributed by atoms with Gasteiger partial charge < -0.3 is 14.7 Å². The van der Waals surface area contributed by atoms with E-state index in [-0.39, 0.29) is 55.6 Å². The van der Waals surface area contributed by atoms with E-state index in [1.54, 1.807) is 11.1 Å². The maximum absolute atomic E-state index is 2.90. The van der Waals surface area contributed by atoms with Gasteiger partial charge in [-0.15, -0.1) is 0 Å². The van der Waals surface area contributed by atoms with E-state index in [4.69, 9.17) is 0 Å². The van der Waals surface area contributed by atoms with Crippen LogP contribution in [0.4, 0.5) is 45.5 Å². The Kier molecular flexibility index (Phi) is 11.3. The van der Waals surface area contributed by atoms with Crippen LogP contribution < -0.4 is 31.1 Å². The maximum Gasteiger partial charge on any atom is 0.252 e. The van der Waals surface area contributed by atoms with Gasteiger partial charge in [0.2, 0.25) is 0 Å². The highest BCUT2D eigenvalue weighted by molar-refractivity contribution is 7.00. The highest BCUT2D eigenvalue weighted by Crippen LogP contribution is 2.63. The summed E-state index contributed by atoms with van der Waals surface area (Å²) in [4.78, 5) is 8.51. The van der Waals surface area contributed by atoms with Crippen LogP contribution in [-0.2, 0) is 58.2 Å². The molecule has 0 bridgehead atoms. The minimum absolute atomic E-state index is 0.0310. The lowest BCUT2D eigenvalue weighted by Gasteiger charge is -2.51. The fraction of sp³-hybridized carbons (Fsp3) is 0.475. The highest BCUT2D eigenvalue weighted by atomic mass is 15.3. The molecular formula is C80H94BN3. The molecular weight excluding hydrogens is 1010 g/mol. The third-order valence-electron chi connectivity index (χ3n) is 24.0. The second-order valence-electron chi connectivity index (χ2n) is 34.1. The third kappa shape index (κ3) is 7.88. The Labute approximate surface area is 506 Å². The Morgan fingerprint density at radius 2 is 0.869 bits per heavy atom. The zero-order valence-corrected chi connectivity index (χ0v) is 54.4. The summed E-state index contributed by atoms with van der Waals surface area (Å²) in [7, 11) is 0. The number of hydrogen-bond donors (Lipinski definition) is 0. The van der Waals surface area contributed by atoms with Crippen molar-refractivity contribution in [3.63, 3.8) is 0 Å². The van der Waals surface area contributed by atoms with Gasteiger partial charge in [0.05, 0.1) is 5.54 Å². The van der Waals surface area contributed by atoms with Crippen molar-refractivity contribution in [1.82, 2.24) is 0 Å². The summed E-state index contributed by atoms with van der Waals surface area (Å²) in [5.74, 6) is 0. The summed E-state index contributed by atoms with van der Waals surface area (Å²) >= 11 is 0. The van der Waals surface area contributed by atoms with Crippen LogP contribution in [-0.4, -0.2) is 12.3 Å². The summed E-state index contributed by atoms with van der Waals surface area (Å²) in [6.07, 6.45) is 13.9. The Morgan fingerprint density at radius 3 is 1.50 bits per heavy atom. The number of anilines is 8. The first-order valence-electron chi connectivity index (χ1n) is 32.8. The van der Waals surface area contributed by atoms with Gasteiger partial charge in [-0.2, -0.15) is 0 Å². The van der Waals surface area contributed by atoms with Gasteiger partial charge in [0.25, 0.3) is 6.71 Å².